The number of rotatable bonds is 3. The predicted molar refractivity (Wildman–Crippen MR) is 61.6 cm³/mol. The van der Waals surface area contributed by atoms with Gasteiger partial charge in [0.25, 0.3) is 0 Å². The number of halogens is 1. The highest BCUT2D eigenvalue weighted by Gasteiger charge is 2.35. The standard InChI is InChI=1S/C13H15FN2O/c14-11-3-1-2-10(6-11)13-15-7-12(17)16(13)8-9-4-5-9/h1-3,6,9,13,15H,4-5,7-8H2. The minimum atomic E-state index is -0.255. The van der Waals surface area contributed by atoms with E-state index in [-0.39, 0.29) is 17.9 Å². The van der Waals surface area contributed by atoms with Gasteiger partial charge in [0.15, 0.2) is 0 Å². The largest absolute Gasteiger partial charge is 0.322 e. The Hall–Kier alpha value is -1.42. The van der Waals surface area contributed by atoms with E-state index in [2.05, 4.69) is 5.32 Å². The number of benzene rings is 1. The van der Waals surface area contributed by atoms with Crippen molar-refractivity contribution in [1.29, 1.82) is 0 Å². The number of amides is 1. The second kappa shape index (κ2) is 4.11. The molecule has 2 fully saturated rings. The lowest BCUT2D eigenvalue weighted by atomic mass is 10.1. The minimum absolute atomic E-state index is 0.117. The quantitative estimate of drug-likeness (QED) is 0.862. The van der Waals surface area contributed by atoms with Crippen LogP contribution in [0.3, 0.4) is 0 Å². The molecule has 1 aliphatic heterocycles. The van der Waals surface area contributed by atoms with Crippen molar-refractivity contribution in [2.24, 2.45) is 5.92 Å². The van der Waals surface area contributed by atoms with Crippen LogP contribution in [0, 0.1) is 11.7 Å². The highest BCUT2D eigenvalue weighted by molar-refractivity contribution is 5.81. The molecule has 1 N–H and O–H groups in total. The molecule has 1 atom stereocenters. The number of hydrogen-bond donors (Lipinski definition) is 1. The van der Waals surface area contributed by atoms with E-state index in [1.165, 1.54) is 25.0 Å². The fourth-order valence-electron chi connectivity index (χ4n) is 2.30. The third kappa shape index (κ3) is 2.17. The van der Waals surface area contributed by atoms with E-state index in [9.17, 15) is 9.18 Å². The van der Waals surface area contributed by atoms with E-state index in [1.54, 1.807) is 6.07 Å². The number of nitrogens with one attached hydrogen (secondary N) is 1. The smallest absolute Gasteiger partial charge is 0.238 e. The van der Waals surface area contributed by atoms with E-state index < -0.39 is 0 Å². The van der Waals surface area contributed by atoms with E-state index in [0.29, 0.717) is 12.5 Å². The van der Waals surface area contributed by atoms with Crippen molar-refractivity contribution in [3.8, 4) is 0 Å². The van der Waals surface area contributed by atoms with Crippen LogP contribution in [-0.2, 0) is 4.79 Å². The van der Waals surface area contributed by atoms with Crippen molar-refractivity contribution < 1.29 is 9.18 Å². The normalized spacial score (nSPS) is 24.4. The van der Waals surface area contributed by atoms with Gasteiger partial charge in [0, 0.05) is 6.54 Å². The van der Waals surface area contributed by atoms with Gasteiger partial charge in [-0.2, -0.15) is 0 Å². The Morgan fingerprint density at radius 2 is 2.24 bits per heavy atom. The second-order valence-electron chi connectivity index (χ2n) is 4.83. The molecule has 0 aromatic heterocycles. The summed E-state index contributed by atoms with van der Waals surface area (Å²) in [4.78, 5) is 13.6. The lowest BCUT2D eigenvalue weighted by Gasteiger charge is -2.24. The summed E-state index contributed by atoms with van der Waals surface area (Å²) in [6, 6.07) is 6.46. The van der Waals surface area contributed by atoms with Crippen molar-refractivity contribution >= 4 is 5.91 Å². The highest BCUT2D eigenvalue weighted by Crippen LogP contribution is 2.33. The van der Waals surface area contributed by atoms with Gasteiger partial charge in [-0.25, -0.2) is 4.39 Å². The van der Waals surface area contributed by atoms with Gasteiger partial charge in [-0.15, -0.1) is 0 Å². The second-order valence-corrected chi connectivity index (χ2v) is 4.83. The maximum absolute atomic E-state index is 13.2. The molecule has 1 aliphatic carbocycles. The lowest BCUT2D eigenvalue weighted by Crippen LogP contribution is -2.32. The van der Waals surface area contributed by atoms with Crippen molar-refractivity contribution in [3.63, 3.8) is 0 Å². The van der Waals surface area contributed by atoms with Crippen LogP contribution >= 0.6 is 0 Å². The number of hydrogen-bond acceptors (Lipinski definition) is 2. The molecule has 0 bridgehead atoms. The molecular formula is C13H15FN2O. The zero-order valence-corrected chi connectivity index (χ0v) is 9.53. The third-order valence-corrected chi connectivity index (χ3v) is 3.39. The SMILES string of the molecule is O=C1CNC(c2cccc(F)c2)N1CC1CC1. The Morgan fingerprint density at radius 3 is 2.94 bits per heavy atom. The molecule has 1 saturated carbocycles. The van der Waals surface area contributed by atoms with Crippen LogP contribution < -0.4 is 5.32 Å². The molecular weight excluding hydrogens is 219 g/mol. The molecule has 1 saturated heterocycles. The topological polar surface area (TPSA) is 32.3 Å². The molecule has 3 rings (SSSR count). The van der Waals surface area contributed by atoms with Gasteiger partial charge >= 0.3 is 0 Å². The van der Waals surface area contributed by atoms with Gasteiger partial charge < -0.3 is 4.90 Å². The summed E-state index contributed by atoms with van der Waals surface area (Å²) in [6.07, 6.45) is 2.26. The Labute approximate surface area is 99.6 Å². The van der Waals surface area contributed by atoms with Crippen LogP contribution in [0.4, 0.5) is 4.39 Å². The molecule has 1 aromatic carbocycles. The summed E-state index contributed by atoms with van der Waals surface area (Å²) in [6.45, 7) is 1.15. The Morgan fingerprint density at radius 1 is 1.41 bits per heavy atom. The van der Waals surface area contributed by atoms with Gasteiger partial charge in [0.1, 0.15) is 12.0 Å². The monoisotopic (exact) mass is 234 g/mol. The maximum Gasteiger partial charge on any atom is 0.238 e. The summed E-state index contributed by atoms with van der Waals surface area (Å²) < 4.78 is 13.2. The Bertz CT molecular complexity index is 445. The van der Waals surface area contributed by atoms with E-state index in [0.717, 1.165) is 12.1 Å². The molecule has 4 heteroatoms. The van der Waals surface area contributed by atoms with Gasteiger partial charge in [-0.1, -0.05) is 12.1 Å². The van der Waals surface area contributed by atoms with Crippen LogP contribution in [0.1, 0.15) is 24.6 Å². The molecule has 17 heavy (non-hydrogen) atoms. The molecule has 1 aromatic rings. The average Bonchev–Trinajstić information content (AvgIpc) is 3.04. The first-order valence-corrected chi connectivity index (χ1v) is 6.02. The minimum Gasteiger partial charge on any atom is -0.322 e. The molecule has 1 heterocycles. The van der Waals surface area contributed by atoms with E-state index in [1.807, 2.05) is 11.0 Å². The number of carbonyl (C=O) groups is 1. The Balaban J connectivity index is 1.82. The third-order valence-electron chi connectivity index (χ3n) is 3.39. The molecule has 1 unspecified atom stereocenters. The van der Waals surface area contributed by atoms with Crippen LogP contribution in [0.15, 0.2) is 24.3 Å². The van der Waals surface area contributed by atoms with Gasteiger partial charge in [0.05, 0.1) is 6.54 Å². The lowest BCUT2D eigenvalue weighted by molar-refractivity contribution is -0.128. The van der Waals surface area contributed by atoms with Crippen molar-refractivity contribution in [2.45, 2.75) is 19.0 Å². The number of nitrogens with zero attached hydrogens (tertiary/aromatic N) is 1. The first-order valence-electron chi connectivity index (χ1n) is 6.02. The van der Waals surface area contributed by atoms with Gasteiger partial charge in [0.2, 0.25) is 5.91 Å². The van der Waals surface area contributed by atoms with Crippen LogP contribution in [0.2, 0.25) is 0 Å². The summed E-state index contributed by atoms with van der Waals surface area (Å²) in [5.41, 5.74) is 0.830. The zero-order chi connectivity index (χ0) is 11.8. The molecule has 1 amide bonds. The van der Waals surface area contributed by atoms with Crippen molar-refractivity contribution in [2.75, 3.05) is 13.1 Å². The molecule has 3 nitrogen and oxygen atoms in total. The predicted octanol–water partition coefficient (Wildman–Crippen LogP) is 1.67. The summed E-state index contributed by atoms with van der Waals surface area (Å²) >= 11 is 0. The molecule has 90 valence electrons. The summed E-state index contributed by atoms with van der Waals surface area (Å²) in [7, 11) is 0. The van der Waals surface area contributed by atoms with E-state index >= 15 is 0 Å². The summed E-state index contributed by atoms with van der Waals surface area (Å²) in [5.74, 6) is 0.510. The fourth-order valence-corrected chi connectivity index (χ4v) is 2.30. The summed E-state index contributed by atoms with van der Waals surface area (Å²) in [5, 5.41) is 3.14. The van der Waals surface area contributed by atoms with E-state index in [4.69, 9.17) is 0 Å². The van der Waals surface area contributed by atoms with Gasteiger partial charge in [-0.3, -0.25) is 10.1 Å². The molecule has 2 aliphatic rings. The zero-order valence-electron chi connectivity index (χ0n) is 9.53. The maximum atomic E-state index is 13.2. The van der Waals surface area contributed by atoms with Crippen LogP contribution in [0.25, 0.3) is 0 Å². The first kappa shape index (κ1) is 10.7. The Kier molecular flexibility index (Phi) is 2.59. The number of carbonyl (C=O) groups excluding carboxylic acids is 1. The highest BCUT2D eigenvalue weighted by atomic mass is 19.1. The van der Waals surface area contributed by atoms with Crippen molar-refractivity contribution in [1.82, 2.24) is 10.2 Å². The average molecular weight is 234 g/mol. The molecule has 0 radical (unpaired) electrons. The van der Waals surface area contributed by atoms with Crippen LogP contribution in [0.5, 0.6) is 0 Å². The van der Waals surface area contributed by atoms with Crippen LogP contribution in [-0.4, -0.2) is 23.9 Å². The molecule has 0 spiro atoms. The van der Waals surface area contributed by atoms with Gasteiger partial charge in [-0.05, 0) is 36.5 Å². The first-order chi connectivity index (χ1) is 8.24. The fraction of sp³-hybridized carbons (Fsp3) is 0.462. The van der Waals surface area contributed by atoms with Crippen molar-refractivity contribution in [3.05, 3.63) is 35.6 Å².